The molecular weight excluding hydrogens is 280 g/mol. The Bertz CT molecular complexity index is 540. The number of ether oxygens (including phenoxy) is 1. The second-order valence-electron chi connectivity index (χ2n) is 3.35. The maximum Gasteiger partial charge on any atom is 0.261 e. The quantitative estimate of drug-likeness (QED) is 0.739. The molecular formula is C10H11F2N3O3S. The number of pyridine rings is 1. The lowest BCUT2D eigenvalue weighted by atomic mass is 10.4. The Morgan fingerprint density at radius 1 is 1.47 bits per heavy atom. The Morgan fingerprint density at radius 3 is 2.74 bits per heavy atom. The smallest absolute Gasteiger partial charge is 0.261 e. The predicted molar refractivity (Wildman–Crippen MR) is 61.0 cm³/mol. The molecule has 0 atom stereocenters. The first-order valence-corrected chi connectivity index (χ1v) is 6.66. The van der Waals surface area contributed by atoms with Crippen LogP contribution in [-0.2, 0) is 14.8 Å². The molecule has 0 radical (unpaired) electrons. The van der Waals surface area contributed by atoms with Crippen molar-refractivity contribution in [2.75, 3.05) is 19.8 Å². The Kier molecular flexibility index (Phi) is 5.75. The number of hydrogen-bond donors (Lipinski definition) is 1. The molecule has 0 spiro atoms. The van der Waals surface area contributed by atoms with Gasteiger partial charge in [-0.1, -0.05) is 0 Å². The van der Waals surface area contributed by atoms with Crippen molar-refractivity contribution >= 4 is 10.0 Å². The number of nitrogens with zero attached hydrogens (tertiary/aromatic N) is 2. The van der Waals surface area contributed by atoms with Crippen LogP contribution in [0.3, 0.4) is 0 Å². The number of alkyl halides is 2. The molecule has 0 aliphatic carbocycles. The molecule has 1 aromatic rings. The van der Waals surface area contributed by atoms with E-state index in [1.54, 1.807) is 6.07 Å². The van der Waals surface area contributed by atoms with E-state index < -0.39 is 23.1 Å². The van der Waals surface area contributed by atoms with Crippen molar-refractivity contribution in [1.29, 1.82) is 5.26 Å². The van der Waals surface area contributed by atoms with E-state index >= 15 is 0 Å². The van der Waals surface area contributed by atoms with Crippen LogP contribution in [-0.4, -0.2) is 39.6 Å². The van der Waals surface area contributed by atoms with Crippen molar-refractivity contribution in [2.24, 2.45) is 0 Å². The highest BCUT2D eigenvalue weighted by molar-refractivity contribution is 7.89. The van der Waals surface area contributed by atoms with Crippen molar-refractivity contribution in [1.82, 2.24) is 9.71 Å². The summed E-state index contributed by atoms with van der Waals surface area (Å²) < 4.78 is 53.5. The molecule has 19 heavy (non-hydrogen) atoms. The van der Waals surface area contributed by atoms with E-state index in [-0.39, 0.29) is 23.7 Å². The minimum atomic E-state index is -3.78. The molecule has 6 nitrogen and oxygen atoms in total. The molecule has 0 bridgehead atoms. The summed E-state index contributed by atoms with van der Waals surface area (Å²) in [5.74, 6) is 0. The third-order valence-electron chi connectivity index (χ3n) is 1.94. The van der Waals surface area contributed by atoms with Crippen LogP contribution in [0.2, 0.25) is 0 Å². The van der Waals surface area contributed by atoms with Crippen LogP contribution in [0.5, 0.6) is 0 Å². The first-order valence-electron chi connectivity index (χ1n) is 5.17. The summed E-state index contributed by atoms with van der Waals surface area (Å²) in [7, 11) is -3.78. The van der Waals surface area contributed by atoms with Gasteiger partial charge in [-0.3, -0.25) is 0 Å². The van der Waals surface area contributed by atoms with Gasteiger partial charge in [0.1, 0.15) is 23.3 Å². The summed E-state index contributed by atoms with van der Waals surface area (Å²) in [6.45, 7) is -1.03. The van der Waals surface area contributed by atoms with Crippen LogP contribution in [0.15, 0.2) is 23.2 Å². The summed E-state index contributed by atoms with van der Waals surface area (Å²) in [6, 6.07) is 4.25. The standard InChI is InChI=1S/C10H11F2N3O3S/c11-10(12)7-18-4-3-15-19(16,17)9-2-1-8(5-13)14-6-9/h1-2,6,10,15H,3-4,7H2. The third-order valence-corrected chi connectivity index (χ3v) is 3.39. The lowest BCUT2D eigenvalue weighted by Crippen LogP contribution is -2.28. The van der Waals surface area contributed by atoms with Gasteiger partial charge >= 0.3 is 0 Å². The van der Waals surface area contributed by atoms with Gasteiger partial charge in [0.15, 0.2) is 0 Å². The number of halogens is 2. The van der Waals surface area contributed by atoms with Crippen LogP contribution in [0.4, 0.5) is 8.78 Å². The number of hydrogen-bond acceptors (Lipinski definition) is 5. The Hall–Kier alpha value is -1.63. The summed E-state index contributed by atoms with van der Waals surface area (Å²) in [5.41, 5.74) is 0.0965. The summed E-state index contributed by atoms with van der Waals surface area (Å²) in [4.78, 5) is 3.51. The van der Waals surface area contributed by atoms with Crippen molar-refractivity contribution in [3.05, 3.63) is 24.0 Å². The van der Waals surface area contributed by atoms with Gasteiger partial charge in [-0.25, -0.2) is 26.9 Å². The molecule has 1 N–H and O–H groups in total. The second kappa shape index (κ2) is 7.08. The fourth-order valence-corrected chi connectivity index (χ4v) is 2.07. The molecule has 0 aliphatic heterocycles. The van der Waals surface area contributed by atoms with E-state index in [1.165, 1.54) is 12.1 Å². The molecule has 9 heteroatoms. The fourth-order valence-electron chi connectivity index (χ4n) is 1.11. The minimum absolute atomic E-state index is 0.0965. The summed E-state index contributed by atoms with van der Waals surface area (Å²) in [6.07, 6.45) is -1.54. The lowest BCUT2D eigenvalue weighted by Gasteiger charge is -2.07. The fraction of sp³-hybridized carbons (Fsp3) is 0.400. The average molecular weight is 291 g/mol. The zero-order valence-electron chi connectivity index (χ0n) is 9.71. The number of nitriles is 1. The van der Waals surface area contributed by atoms with Crippen LogP contribution in [0.1, 0.15) is 5.69 Å². The Morgan fingerprint density at radius 2 is 2.21 bits per heavy atom. The van der Waals surface area contributed by atoms with E-state index in [1.807, 2.05) is 0 Å². The average Bonchev–Trinajstić information content (AvgIpc) is 2.38. The largest absolute Gasteiger partial charge is 0.374 e. The predicted octanol–water partition coefficient (Wildman–Crippen LogP) is 0.513. The highest BCUT2D eigenvalue weighted by Gasteiger charge is 2.13. The SMILES string of the molecule is N#Cc1ccc(S(=O)(=O)NCCOCC(F)F)cn1. The highest BCUT2D eigenvalue weighted by Crippen LogP contribution is 2.06. The maximum absolute atomic E-state index is 11.7. The van der Waals surface area contributed by atoms with Crippen molar-refractivity contribution in [3.63, 3.8) is 0 Å². The Balaban J connectivity index is 2.49. The topological polar surface area (TPSA) is 92.1 Å². The normalized spacial score (nSPS) is 11.5. The zero-order valence-corrected chi connectivity index (χ0v) is 10.5. The molecule has 0 unspecified atom stereocenters. The van der Waals surface area contributed by atoms with Crippen molar-refractivity contribution in [2.45, 2.75) is 11.3 Å². The van der Waals surface area contributed by atoms with E-state index in [0.29, 0.717) is 0 Å². The minimum Gasteiger partial charge on any atom is -0.374 e. The molecule has 0 aliphatic rings. The molecule has 0 amide bonds. The first-order chi connectivity index (χ1) is 8.95. The second-order valence-corrected chi connectivity index (χ2v) is 5.12. The third kappa shape index (κ3) is 5.25. The van der Waals surface area contributed by atoms with Gasteiger partial charge in [0.05, 0.1) is 6.61 Å². The van der Waals surface area contributed by atoms with Gasteiger partial charge in [-0.15, -0.1) is 0 Å². The van der Waals surface area contributed by atoms with Crippen LogP contribution in [0, 0.1) is 11.3 Å². The van der Waals surface area contributed by atoms with Gasteiger partial charge in [0.2, 0.25) is 10.0 Å². The van der Waals surface area contributed by atoms with E-state index in [0.717, 1.165) is 6.20 Å². The number of aromatic nitrogens is 1. The van der Waals surface area contributed by atoms with Gasteiger partial charge < -0.3 is 4.74 Å². The Labute approximate surface area is 109 Å². The molecule has 1 heterocycles. The van der Waals surface area contributed by atoms with E-state index in [2.05, 4.69) is 14.4 Å². The van der Waals surface area contributed by atoms with Crippen molar-refractivity contribution in [3.8, 4) is 6.07 Å². The van der Waals surface area contributed by atoms with Gasteiger partial charge in [-0.2, -0.15) is 5.26 Å². The highest BCUT2D eigenvalue weighted by atomic mass is 32.2. The molecule has 0 fully saturated rings. The van der Waals surface area contributed by atoms with E-state index in [4.69, 9.17) is 5.26 Å². The lowest BCUT2D eigenvalue weighted by molar-refractivity contribution is 0.0199. The molecule has 104 valence electrons. The van der Waals surface area contributed by atoms with Crippen LogP contribution < -0.4 is 4.72 Å². The zero-order chi connectivity index (χ0) is 14.3. The molecule has 1 rings (SSSR count). The molecule has 0 saturated heterocycles. The monoisotopic (exact) mass is 291 g/mol. The molecule has 0 aromatic carbocycles. The number of rotatable bonds is 7. The summed E-state index contributed by atoms with van der Waals surface area (Å²) in [5, 5.41) is 8.52. The number of sulfonamides is 1. The van der Waals surface area contributed by atoms with Crippen LogP contribution in [0.25, 0.3) is 0 Å². The van der Waals surface area contributed by atoms with Crippen LogP contribution >= 0.6 is 0 Å². The maximum atomic E-state index is 11.7. The van der Waals surface area contributed by atoms with Gasteiger partial charge in [0, 0.05) is 12.7 Å². The molecule has 0 saturated carbocycles. The van der Waals surface area contributed by atoms with Gasteiger partial charge in [-0.05, 0) is 12.1 Å². The first kappa shape index (κ1) is 15.4. The number of nitrogens with one attached hydrogen (secondary N) is 1. The van der Waals surface area contributed by atoms with E-state index in [9.17, 15) is 17.2 Å². The van der Waals surface area contributed by atoms with Crippen molar-refractivity contribution < 1.29 is 21.9 Å². The molecule has 1 aromatic heterocycles. The summed E-state index contributed by atoms with van der Waals surface area (Å²) >= 11 is 0. The van der Waals surface area contributed by atoms with Gasteiger partial charge in [0.25, 0.3) is 6.43 Å².